The fourth-order valence-corrected chi connectivity index (χ4v) is 15.1. The van der Waals surface area contributed by atoms with Gasteiger partial charge in [-0.1, -0.05) is 171 Å². The molecule has 77 heavy (non-hydrogen) atoms. The Bertz CT molecular complexity index is 4880. The van der Waals surface area contributed by atoms with E-state index in [1.54, 1.807) is 0 Å². The van der Waals surface area contributed by atoms with E-state index < -0.39 is 0 Å². The summed E-state index contributed by atoms with van der Waals surface area (Å²) in [6, 6.07) is 92.6. The summed E-state index contributed by atoms with van der Waals surface area (Å²) in [7, 11) is 0. The molecular weight excluding hydrogens is 969 g/mol. The molecule has 11 aromatic carbocycles. The van der Waals surface area contributed by atoms with Gasteiger partial charge in [-0.3, -0.25) is 0 Å². The van der Waals surface area contributed by atoms with Crippen LogP contribution in [0.25, 0.3) is 141 Å². The van der Waals surface area contributed by atoms with Crippen LogP contribution in [0.3, 0.4) is 0 Å². The molecule has 0 amide bonds. The van der Waals surface area contributed by atoms with Gasteiger partial charge in [-0.15, -0.1) is 22.7 Å². The Balaban J connectivity index is 0.754. The minimum absolute atomic E-state index is 0.343. The Kier molecular flexibility index (Phi) is 10.1. The van der Waals surface area contributed by atoms with Crippen molar-refractivity contribution in [1.82, 2.24) is 9.13 Å². The van der Waals surface area contributed by atoms with E-state index in [0.29, 0.717) is 5.92 Å². The number of benzene rings is 11. The molecule has 0 aliphatic heterocycles. The van der Waals surface area contributed by atoms with E-state index in [4.69, 9.17) is 0 Å². The standard InChI is InChI=1S/C73H48N2S2/c1-45-37-63-59-25-4-8-31-68(59)75(55-22-13-19-50(41-55)48-17-11-20-52(39-48)56-27-14-28-61-60-26-5-9-32-70(60)77-73(56)61)69(63)44-62(45)53-34-36-72-65(43-53)64-42-51(33-35-71(64)76-72)47-16-10-15-46(38-47)49-18-12-21-54(40-49)74-66-29-6-2-23-57(66)58-24-3-7-30-67(58)74/h2-36,38-45H,37H2,1H3. The third-order valence-electron chi connectivity index (χ3n) is 16.4. The quantitative estimate of drug-likeness (QED) is 0.151. The Hall–Kier alpha value is -9.06. The van der Waals surface area contributed by atoms with Crippen molar-refractivity contribution < 1.29 is 0 Å². The monoisotopic (exact) mass is 1020 g/mol. The van der Waals surface area contributed by atoms with Gasteiger partial charge in [0.1, 0.15) is 0 Å². The third-order valence-corrected chi connectivity index (χ3v) is 18.8. The molecular formula is C73H48N2S2. The van der Waals surface area contributed by atoms with Gasteiger partial charge < -0.3 is 9.13 Å². The summed E-state index contributed by atoms with van der Waals surface area (Å²) in [5.41, 5.74) is 21.2. The van der Waals surface area contributed by atoms with Gasteiger partial charge in [0.25, 0.3) is 0 Å². The molecule has 0 spiro atoms. The van der Waals surface area contributed by atoms with Crippen LogP contribution in [-0.4, -0.2) is 9.13 Å². The minimum Gasteiger partial charge on any atom is -0.310 e. The van der Waals surface area contributed by atoms with Gasteiger partial charge in [-0.2, -0.15) is 0 Å². The van der Waals surface area contributed by atoms with Crippen LogP contribution in [0.1, 0.15) is 23.7 Å². The molecule has 0 fully saturated rings. The number of allylic oxidation sites excluding steroid dienone is 1. The van der Waals surface area contributed by atoms with Gasteiger partial charge in [0.15, 0.2) is 0 Å². The van der Waals surface area contributed by atoms with E-state index in [9.17, 15) is 0 Å². The van der Waals surface area contributed by atoms with Crippen LogP contribution in [0.2, 0.25) is 0 Å². The zero-order valence-electron chi connectivity index (χ0n) is 42.2. The predicted octanol–water partition coefficient (Wildman–Crippen LogP) is 20.9. The van der Waals surface area contributed by atoms with E-state index in [0.717, 1.165) is 12.1 Å². The maximum absolute atomic E-state index is 2.52. The molecule has 4 heterocycles. The molecule has 4 aromatic heterocycles. The number of para-hydroxylation sites is 3. The number of rotatable bonds is 7. The second kappa shape index (κ2) is 17.5. The van der Waals surface area contributed by atoms with Gasteiger partial charge >= 0.3 is 0 Å². The number of fused-ring (bicyclic) bond motifs is 12. The van der Waals surface area contributed by atoms with Gasteiger partial charge in [-0.05, 0) is 165 Å². The van der Waals surface area contributed by atoms with Gasteiger partial charge in [0.2, 0.25) is 0 Å². The average molecular weight is 1020 g/mol. The molecule has 0 bridgehead atoms. The van der Waals surface area contributed by atoms with E-state index in [2.05, 4.69) is 271 Å². The fraction of sp³-hybridized carbons (Fsp3) is 0.0411. The van der Waals surface area contributed by atoms with Crippen molar-refractivity contribution >= 4 is 107 Å². The lowest BCUT2D eigenvalue weighted by Crippen LogP contribution is -2.10. The molecule has 1 atom stereocenters. The lowest BCUT2D eigenvalue weighted by atomic mass is 9.82. The second-order valence-electron chi connectivity index (χ2n) is 20.9. The van der Waals surface area contributed by atoms with Gasteiger partial charge in [0, 0.05) is 67.9 Å². The summed E-state index contributed by atoms with van der Waals surface area (Å²) in [6.07, 6.45) is 3.48. The molecule has 1 aliphatic carbocycles. The van der Waals surface area contributed by atoms with Crippen molar-refractivity contribution in [2.24, 2.45) is 5.92 Å². The van der Waals surface area contributed by atoms with E-state index in [-0.39, 0.29) is 0 Å². The molecule has 0 radical (unpaired) electrons. The number of hydrogen-bond acceptors (Lipinski definition) is 2. The first kappa shape index (κ1) is 44.3. The second-order valence-corrected chi connectivity index (χ2v) is 23.0. The normalized spacial score (nSPS) is 13.7. The zero-order valence-corrected chi connectivity index (χ0v) is 43.9. The van der Waals surface area contributed by atoms with Crippen LogP contribution in [-0.2, 0) is 6.42 Å². The highest BCUT2D eigenvalue weighted by molar-refractivity contribution is 7.26. The number of hydrogen-bond donors (Lipinski definition) is 0. The van der Waals surface area contributed by atoms with Crippen molar-refractivity contribution in [3.63, 3.8) is 0 Å². The van der Waals surface area contributed by atoms with Crippen molar-refractivity contribution in [2.45, 2.75) is 13.3 Å². The fourth-order valence-electron chi connectivity index (χ4n) is 12.7. The third kappa shape index (κ3) is 7.13. The van der Waals surface area contributed by atoms with E-state index in [1.807, 2.05) is 22.7 Å². The Morgan fingerprint density at radius 3 is 1.48 bits per heavy atom. The van der Waals surface area contributed by atoms with Crippen molar-refractivity contribution in [1.29, 1.82) is 0 Å². The first-order chi connectivity index (χ1) is 38.1. The summed E-state index contributed by atoms with van der Waals surface area (Å²) in [5, 5.41) is 9.16. The van der Waals surface area contributed by atoms with Crippen LogP contribution < -0.4 is 0 Å². The van der Waals surface area contributed by atoms with E-state index >= 15 is 0 Å². The summed E-state index contributed by atoms with van der Waals surface area (Å²) < 4.78 is 10.2. The summed E-state index contributed by atoms with van der Waals surface area (Å²) in [6.45, 7) is 2.41. The summed E-state index contributed by atoms with van der Waals surface area (Å²) in [5.74, 6) is 0.343. The maximum Gasteiger partial charge on any atom is 0.0541 e. The summed E-state index contributed by atoms with van der Waals surface area (Å²) in [4.78, 5) is 0. The maximum atomic E-state index is 2.52. The predicted molar refractivity (Wildman–Crippen MR) is 332 cm³/mol. The molecule has 2 nitrogen and oxygen atoms in total. The highest BCUT2D eigenvalue weighted by Gasteiger charge is 2.27. The molecule has 362 valence electrons. The molecule has 4 heteroatoms. The van der Waals surface area contributed by atoms with Crippen LogP contribution in [0.4, 0.5) is 0 Å². The smallest absolute Gasteiger partial charge is 0.0541 e. The van der Waals surface area contributed by atoms with Crippen LogP contribution in [0.5, 0.6) is 0 Å². The SMILES string of the molecule is CC1Cc2c(n(-c3cccc(-c4cccc(-c5cccc6c5sc5ccccc56)c4)c3)c3ccccc23)C=C1c1ccc2sc3ccc(-c4cccc(-c5cccc(-n6c7ccccc7c7ccccc76)c5)c4)cc3c2c1. The highest BCUT2D eigenvalue weighted by Crippen LogP contribution is 2.46. The average Bonchev–Trinajstić information content (AvgIpc) is 4.29. The molecule has 15 aromatic rings. The van der Waals surface area contributed by atoms with Gasteiger partial charge in [0.05, 0.1) is 22.2 Å². The Labute approximate surface area is 454 Å². The van der Waals surface area contributed by atoms with Crippen molar-refractivity contribution in [3.05, 3.63) is 266 Å². The van der Waals surface area contributed by atoms with Crippen LogP contribution in [0.15, 0.2) is 249 Å². The largest absolute Gasteiger partial charge is 0.310 e. The lowest BCUT2D eigenvalue weighted by molar-refractivity contribution is 0.738. The van der Waals surface area contributed by atoms with E-state index in [1.165, 1.54) is 146 Å². The molecule has 1 aliphatic rings. The molecule has 0 N–H and O–H groups in total. The number of nitrogens with zero attached hydrogens (tertiary/aromatic N) is 2. The zero-order chi connectivity index (χ0) is 50.7. The van der Waals surface area contributed by atoms with Crippen LogP contribution in [0, 0.1) is 5.92 Å². The molecule has 0 saturated heterocycles. The van der Waals surface area contributed by atoms with Gasteiger partial charge in [-0.25, -0.2) is 0 Å². The highest BCUT2D eigenvalue weighted by atomic mass is 32.1. The van der Waals surface area contributed by atoms with Crippen molar-refractivity contribution in [2.75, 3.05) is 0 Å². The van der Waals surface area contributed by atoms with Crippen LogP contribution >= 0.6 is 22.7 Å². The molecule has 16 rings (SSSR count). The lowest BCUT2D eigenvalue weighted by Gasteiger charge is -2.23. The summed E-state index contributed by atoms with van der Waals surface area (Å²) >= 11 is 3.78. The Morgan fingerprint density at radius 1 is 0.338 bits per heavy atom. The molecule has 1 unspecified atom stereocenters. The number of aromatic nitrogens is 2. The minimum atomic E-state index is 0.343. The number of thiophene rings is 2. The Morgan fingerprint density at radius 2 is 0.805 bits per heavy atom. The first-order valence-corrected chi connectivity index (χ1v) is 28.3. The first-order valence-electron chi connectivity index (χ1n) is 26.7. The topological polar surface area (TPSA) is 9.86 Å². The molecule has 0 saturated carbocycles. The van der Waals surface area contributed by atoms with Crippen molar-refractivity contribution in [3.8, 4) is 55.9 Å².